The Morgan fingerprint density at radius 3 is 2.67 bits per heavy atom. The highest BCUT2D eigenvalue weighted by Gasteiger charge is 2.44. The normalized spacial score (nSPS) is 18.4. The van der Waals surface area contributed by atoms with Crippen LogP contribution in [0.2, 0.25) is 5.02 Å². The van der Waals surface area contributed by atoms with Crippen LogP contribution in [0, 0.1) is 5.92 Å². The fourth-order valence-corrected chi connectivity index (χ4v) is 4.89. The number of halogens is 1. The van der Waals surface area contributed by atoms with E-state index in [1.807, 2.05) is 40.6 Å². The minimum Gasteiger partial charge on any atom is -0.329 e. The van der Waals surface area contributed by atoms with Gasteiger partial charge in [-0.25, -0.2) is 4.98 Å². The first-order chi connectivity index (χ1) is 14.5. The van der Waals surface area contributed by atoms with Crippen LogP contribution in [0.15, 0.2) is 60.1 Å². The number of aromatic nitrogens is 1. The molecule has 0 saturated carbocycles. The van der Waals surface area contributed by atoms with E-state index in [1.165, 1.54) is 6.20 Å². The Morgan fingerprint density at radius 1 is 1.20 bits per heavy atom. The van der Waals surface area contributed by atoms with E-state index >= 15 is 0 Å². The highest BCUT2D eigenvalue weighted by Crippen LogP contribution is 2.44. The largest absolute Gasteiger partial charge is 0.329 e. The molecule has 7 heteroatoms. The Kier molecular flexibility index (Phi) is 5.88. The minimum absolute atomic E-state index is 0.0358. The molecule has 3 aromatic rings. The highest BCUT2D eigenvalue weighted by molar-refractivity contribution is 7.10. The molecule has 0 saturated heterocycles. The number of pyridine rings is 1. The maximum Gasteiger partial charge on any atom is 0.254 e. The molecule has 0 bridgehead atoms. The second kappa shape index (κ2) is 8.58. The van der Waals surface area contributed by atoms with E-state index in [0.29, 0.717) is 22.9 Å². The molecule has 30 heavy (non-hydrogen) atoms. The van der Waals surface area contributed by atoms with Crippen LogP contribution < -0.4 is 5.32 Å². The fraction of sp³-hybridized carbons (Fsp3) is 0.261. The number of benzene rings is 1. The molecule has 1 N–H and O–H groups in total. The summed E-state index contributed by atoms with van der Waals surface area (Å²) in [5, 5.41) is 5.40. The van der Waals surface area contributed by atoms with Gasteiger partial charge in [0.1, 0.15) is 5.82 Å². The summed E-state index contributed by atoms with van der Waals surface area (Å²) < 4.78 is 0. The average molecular weight is 440 g/mol. The van der Waals surface area contributed by atoms with Crippen LogP contribution in [0.5, 0.6) is 0 Å². The summed E-state index contributed by atoms with van der Waals surface area (Å²) >= 11 is 7.48. The highest BCUT2D eigenvalue weighted by atomic mass is 35.5. The van der Waals surface area contributed by atoms with Crippen molar-refractivity contribution in [3.63, 3.8) is 0 Å². The molecule has 1 aliphatic heterocycles. The molecule has 0 unspecified atom stereocenters. The van der Waals surface area contributed by atoms with Crippen LogP contribution in [0.1, 0.15) is 46.6 Å². The summed E-state index contributed by atoms with van der Waals surface area (Å²) in [7, 11) is 0. The second-order valence-corrected chi connectivity index (χ2v) is 9.14. The smallest absolute Gasteiger partial charge is 0.254 e. The van der Waals surface area contributed by atoms with Gasteiger partial charge in [0.25, 0.3) is 5.91 Å². The zero-order valence-corrected chi connectivity index (χ0v) is 18.3. The molecular weight excluding hydrogens is 418 g/mol. The van der Waals surface area contributed by atoms with Crippen molar-refractivity contribution in [3.8, 4) is 0 Å². The first kappa shape index (κ1) is 20.6. The summed E-state index contributed by atoms with van der Waals surface area (Å²) in [6.45, 7) is 4.72. The quantitative estimate of drug-likeness (QED) is 0.581. The SMILES string of the molecule is CC(C)CN1C(=O)c2ccccc2[C@H](C(=O)Nc2ccc(Cl)cn2)[C@H]1c1cccs1. The van der Waals surface area contributed by atoms with E-state index in [4.69, 9.17) is 11.6 Å². The maximum absolute atomic E-state index is 13.5. The number of rotatable bonds is 5. The van der Waals surface area contributed by atoms with Gasteiger partial charge in [-0.2, -0.15) is 0 Å². The molecule has 3 heterocycles. The lowest BCUT2D eigenvalue weighted by atomic mass is 9.81. The average Bonchev–Trinajstić information content (AvgIpc) is 3.25. The number of nitrogens with one attached hydrogen (secondary N) is 1. The van der Waals surface area contributed by atoms with Gasteiger partial charge < -0.3 is 10.2 Å². The van der Waals surface area contributed by atoms with Crippen molar-refractivity contribution in [2.75, 3.05) is 11.9 Å². The van der Waals surface area contributed by atoms with Crippen molar-refractivity contribution in [1.82, 2.24) is 9.88 Å². The molecule has 1 aliphatic rings. The Labute approximate surface area is 184 Å². The third-order valence-corrected chi connectivity index (χ3v) is 6.26. The summed E-state index contributed by atoms with van der Waals surface area (Å²) in [4.78, 5) is 34.0. The maximum atomic E-state index is 13.5. The molecule has 154 valence electrons. The van der Waals surface area contributed by atoms with Crippen LogP contribution in [0.3, 0.4) is 0 Å². The van der Waals surface area contributed by atoms with Gasteiger partial charge in [-0.3, -0.25) is 9.59 Å². The Hall–Kier alpha value is -2.70. The van der Waals surface area contributed by atoms with Crippen LogP contribution >= 0.6 is 22.9 Å². The van der Waals surface area contributed by atoms with Crippen molar-refractivity contribution in [2.24, 2.45) is 5.92 Å². The van der Waals surface area contributed by atoms with E-state index in [1.54, 1.807) is 29.5 Å². The lowest BCUT2D eigenvalue weighted by Crippen LogP contribution is -2.47. The minimum atomic E-state index is -0.547. The number of carbonyl (C=O) groups is 2. The summed E-state index contributed by atoms with van der Waals surface area (Å²) in [5.74, 6) is -0.0838. The van der Waals surface area contributed by atoms with Crippen LogP contribution in [0.25, 0.3) is 0 Å². The standard InChI is InChI=1S/C23H22ClN3O2S/c1-14(2)13-27-21(18-8-5-11-30-18)20(16-6-3-4-7-17(16)23(27)29)22(28)26-19-10-9-15(24)12-25-19/h3-12,14,20-21H,13H2,1-2H3,(H,25,26,28)/t20-,21+/m0/s1. The lowest BCUT2D eigenvalue weighted by molar-refractivity contribution is -0.119. The zero-order valence-electron chi connectivity index (χ0n) is 16.7. The number of carbonyl (C=O) groups excluding carboxylic acids is 2. The van der Waals surface area contributed by atoms with Crippen LogP contribution in [0.4, 0.5) is 5.82 Å². The summed E-state index contributed by atoms with van der Waals surface area (Å²) in [6.07, 6.45) is 1.50. The van der Waals surface area contributed by atoms with Gasteiger partial charge in [0.2, 0.25) is 5.91 Å². The van der Waals surface area contributed by atoms with Gasteiger partial charge in [0.15, 0.2) is 0 Å². The first-order valence-electron chi connectivity index (χ1n) is 9.81. The third-order valence-electron chi connectivity index (χ3n) is 5.10. The molecule has 0 spiro atoms. The molecule has 2 aromatic heterocycles. The number of fused-ring (bicyclic) bond motifs is 1. The first-order valence-corrected chi connectivity index (χ1v) is 11.1. The predicted octanol–water partition coefficient (Wildman–Crippen LogP) is 5.37. The monoisotopic (exact) mass is 439 g/mol. The van der Waals surface area contributed by atoms with Crippen molar-refractivity contribution >= 4 is 40.6 Å². The number of anilines is 1. The Bertz CT molecular complexity index is 1050. The van der Waals surface area contributed by atoms with Gasteiger partial charge >= 0.3 is 0 Å². The van der Waals surface area contributed by atoms with Gasteiger partial charge in [-0.05, 0) is 41.1 Å². The fourth-order valence-electron chi connectivity index (χ4n) is 3.90. The second-order valence-electron chi connectivity index (χ2n) is 7.73. The van der Waals surface area contributed by atoms with Crippen LogP contribution in [-0.4, -0.2) is 28.2 Å². The predicted molar refractivity (Wildman–Crippen MR) is 120 cm³/mol. The van der Waals surface area contributed by atoms with E-state index < -0.39 is 5.92 Å². The zero-order chi connectivity index (χ0) is 21.3. The van der Waals surface area contributed by atoms with E-state index in [0.717, 1.165) is 10.4 Å². The summed E-state index contributed by atoms with van der Waals surface area (Å²) in [5.41, 5.74) is 1.32. The number of hydrogen-bond acceptors (Lipinski definition) is 4. The third kappa shape index (κ3) is 3.98. The number of hydrogen-bond donors (Lipinski definition) is 1. The van der Waals surface area contributed by atoms with Gasteiger partial charge in [0, 0.05) is 23.2 Å². The Morgan fingerprint density at radius 2 is 2.00 bits per heavy atom. The van der Waals surface area contributed by atoms with Crippen molar-refractivity contribution in [1.29, 1.82) is 0 Å². The molecule has 2 amide bonds. The van der Waals surface area contributed by atoms with Gasteiger partial charge in [-0.15, -0.1) is 11.3 Å². The van der Waals surface area contributed by atoms with Crippen molar-refractivity contribution in [2.45, 2.75) is 25.8 Å². The molecule has 1 aromatic carbocycles. The van der Waals surface area contributed by atoms with E-state index in [-0.39, 0.29) is 23.8 Å². The van der Waals surface area contributed by atoms with Gasteiger partial charge in [0.05, 0.1) is 17.0 Å². The molecule has 0 fully saturated rings. The molecule has 4 rings (SSSR count). The number of thiophene rings is 1. The van der Waals surface area contributed by atoms with Crippen LogP contribution in [-0.2, 0) is 4.79 Å². The van der Waals surface area contributed by atoms with E-state index in [2.05, 4.69) is 24.1 Å². The number of amides is 2. The molecule has 0 aliphatic carbocycles. The molecule has 0 radical (unpaired) electrons. The number of nitrogens with zero attached hydrogens (tertiary/aromatic N) is 2. The van der Waals surface area contributed by atoms with E-state index in [9.17, 15) is 9.59 Å². The van der Waals surface area contributed by atoms with Crippen molar-refractivity contribution < 1.29 is 9.59 Å². The topological polar surface area (TPSA) is 62.3 Å². The molecular formula is C23H22ClN3O2S. The molecule has 2 atom stereocenters. The lowest BCUT2D eigenvalue weighted by Gasteiger charge is -2.41. The molecule has 5 nitrogen and oxygen atoms in total. The summed E-state index contributed by atoms with van der Waals surface area (Å²) in [6, 6.07) is 14.3. The van der Waals surface area contributed by atoms with Crippen molar-refractivity contribution in [3.05, 3.63) is 81.1 Å². The van der Waals surface area contributed by atoms with Gasteiger partial charge in [-0.1, -0.05) is 49.7 Å². The Balaban J connectivity index is 1.80.